The second-order valence-corrected chi connectivity index (χ2v) is 7.72. The molecule has 1 aromatic heterocycles. The summed E-state index contributed by atoms with van der Waals surface area (Å²) in [5.41, 5.74) is 0.979. The first-order chi connectivity index (χ1) is 12.1. The molecule has 0 saturated heterocycles. The van der Waals surface area contributed by atoms with Gasteiger partial charge in [0.2, 0.25) is 5.56 Å². The first-order valence-corrected chi connectivity index (χ1v) is 9.37. The molecule has 2 aliphatic carbocycles. The van der Waals surface area contributed by atoms with Crippen LogP contribution >= 0.6 is 0 Å². The van der Waals surface area contributed by atoms with Crippen LogP contribution in [-0.2, 0) is 0 Å². The number of phenolic OH excluding ortho intramolecular Hbond substituents is 1. The standard InChI is InChI=1S/C20H26N2O3/c23-15-9-17(16-5-6-20(25)22-18(16)10-15)19(24)11-21-14-7-12-3-1-2-4-13(12)8-14/h5-6,9-10,12-14,19,21,23-24H,1-4,7-8,11H2,(H,22,25)/t12?,13?,14?,19-/m0/s1. The minimum Gasteiger partial charge on any atom is -0.508 e. The Morgan fingerprint density at radius 2 is 1.88 bits per heavy atom. The molecule has 1 aromatic carbocycles. The van der Waals surface area contributed by atoms with Crippen LogP contribution < -0.4 is 10.9 Å². The molecule has 25 heavy (non-hydrogen) atoms. The molecule has 2 saturated carbocycles. The maximum Gasteiger partial charge on any atom is 0.248 e. The highest BCUT2D eigenvalue weighted by molar-refractivity contribution is 5.84. The van der Waals surface area contributed by atoms with Crippen LogP contribution in [0.5, 0.6) is 5.75 Å². The molecule has 2 aliphatic rings. The van der Waals surface area contributed by atoms with Gasteiger partial charge in [-0.2, -0.15) is 0 Å². The Morgan fingerprint density at radius 1 is 1.16 bits per heavy atom. The number of aliphatic hydroxyl groups is 1. The van der Waals surface area contributed by atoms with Crippen LogP contribution in [0.25, 0.3) is 10.9 Å². The van der Waals surface area contributed by atoms with Gasteiger partial charge in [0, 0.05) is 30.1 Å². The van der Waals surface area contributed by atoms with Gasteiger partial charge in [0.05, 0.1) is 11.6 Å². The van der Waals surface area contributed by atoms with Crippen molar-refractivity contribution in [1.29, 1.82) is 0 Å². The van der Waals surface area contributed by atoms with Crippen molar-refractivity contribution < 1.29 is 10.2 Å². The molecule has 3 atom stereocenters. The molecule has 2 aromatic rings. The Bertz CT molecular complexity index is 802. The number of fused-ring (bicyclic) bond motifs is 2. The average Bonchev–Trinajstić information content (AvgIpc) is 3.01. The Kier molecular flexibility index (Phi) is 4.52. The van der Waals surface area contributed by atoms with Crippen LogP contribution in [-0.4, -0.2) is 27.8 Å². The van der Waals surface area contributed by atoms with Gasteiger partial charge in [-0.15, -0.1) is 0 Å². The summed E-state index contributed by atoms with van der Waals surface area (Å²) in [6.07, 6.45) is 7.15. The number of rotatable bonds is 4. The zero-order chi connectivity index (χ0) is 17.4. The molecule has 2 fully saturated rings. The van der Waals surface area contributed by atoms with Gasteiger partial charge >= 0.3 is 0 Å². The minimum absolute atomic E-state index is 0.0512. The molecule has 0 spiro atoms. The smallest absolute Gasteiger partial charge is 0.248 e. The van der Waals surface area contributed by atoms with Crippen LogP contribution in [0.3, 0.4) is 0 Å². The van der Waals surface area contributed by atoms with E-state index in [-0.39, 0.29) is 11.3 Å². The van der Waals surface area contributed by atoms with Gasteiger partial charge in [-0.1, -0.05) is 25.7 Å². The molecule has 2 unspecified atom stereocenters. The van der Waals surface area contributed by atoms with E-state index in [1.54, 1.807) is 12.1 Å². The molecule has 4 N–H and O–H groups in total. The molecule has 5 heteroatoms. The lowest BCUT2D eigenvalue weighted by atomic mass is 9.82. The van der Waals surface area contributed by atoms with Crippen molar-refractivity contribution in [3.05, 3.63) is 40.2 Å². The van der Waals surface area contributed by atoms with Gasteiger partial charge in [0.15, 0.2) is 0 Å². The first kappa shape index (κ1) is 16.6. The molecule has 134 valence electrons. The Hall–Kier alpha value is -1.85. The predicted molar refractivity (Wildman–Crippen MR) is 97.7 cm³/mol. The fourth-order valence-corrected chi connectivity index (χ4v) is 4.85. The van der Waals surface area contributed by atoms with Crippen molar-refractivity contribution in [2.24, 2.45) is 11.8 Å². The number of aromatic amines is 1. The van der Waals surface area contributed by atoms with Crippen LogP contribution in [0.1, 0.15) is 50.2 Å². The predicted octanol–water partition coefficient (Wildman–Crippen LogP) is 2.83. The van der Waals surface area contributed by atoms with Gasteiger partial charge in [-0.05, 0) is 42.4 Å². The molecule has 4 rings (SSSR count). The maximum absolute atomic E-state index is 11.5. The van der Waals surface area contributed by atoms with Crippen molar-refractivity contribution in [3.8, 4) is 5.75 Å². The first-order valence-electron chi connectivity index (χ1n) is 9.37. The maximum atomic E-state index is 11.5. The van der Waals surface area contributed by atoms with Crippen molar-refractivity contribution in [2.75, 3.05) is 6.54 Å². The minimum atomic E-state index is -0.719. The average molecular weight is 342 g/mol. The monoisotopic (exact) mass is 342 g/mol. The molecule has 0 radical (unpaired) electrons. The summed E-state index contributed by atoms with van der Waals surface area (Å²) in [7, 11) is 0. The number of pyridine rings is 1. The van der Waals surface area contributed by atoms with E-state index in [1.165, 1.54) is 50.7 Å². The molecule has 0 bridgehead atoms. The molecule has 5 nitrogen and oxygen atoms in total. The van der Waals surface area contributed by atoms with E-state index in [1.807, 2.05) is 0 Å². The van der Waals surface area contributed by atoms with Crippen molar-refractivity contribution in [1.82, 2.24) is 10.3 Å². The quantitative estimate of drug-likeness (QED) is 0.688. The molecule has 0 aliphatic heterocycles. The number of phenols is 1. The highest BCUT2D eigenvalue weighted by Gasteiger charge is 2.35. The van der Waals surface area contributed by atoms with Gasteiger partial charge in [-0.25, -0.2) is 0 Å². The van der Waals surface area contributed by atoms with E-state index in [0.29, 0.717) is 23.7 Å². The number of nitrogens with one attached hydrogen (secondary N) is 2. The normalized spacial score (nSPS) is 27.3. The Balaban J connectivity index is 1.47. The van der Waals surface area contributed by atoms with E-state index in [2.05, 4.69) is 10.3 Å². The van der Waals surface area contributed by atoms with E-state index < -0.39 is 6.10 Å². The number of hydrogen-bond acceptors (Lipinski definition) is 4. The fraction of sp³-hybridized carbons (Fsp3) is 0.550. The summed E-state index contributed by atoms with van der Waals surface area (Å²) in [5.74, 6) is 1.76. The third-order valence-corrected chi connectivity index (χ3v) is 6.06. The molecule has 0 amide bonds. The zero-order valence-electron chi connectivity index (χ0n) is 14.4. The highest BCUT2D eigenvalue weighted by atomic mass is 16.3. The van der Waals surface area contributed by atoms with E-state index in [9.17, 15) is 15.0 Å². The topological polar surface area (TPSA) is 85.3 Å². The molecule has 1 heterocycles. The Morgan fingerprint density at radius 3 is 2.60 bits per heavy atom. The Labute approximate surface area is 147 Å². The third kappa shape index (κ3) is 3.44. The van der Waals surface area contributed by atoms with Crippen LogP contribution in [0.4, 0.5) is 0 Å². The summed E-state index contributed by atoms with van der Waals surface area (Å²) in [6, 6.07) is 6.73. The second kappa shape index (κ2) is 6.81. The van der Waals surface area contributed by atoms with Crippen molar-refractivity contribution in [3.63, 3.8) is 0 Å². The van der Waals surface area contributed by atoms with Crippen LogP contribution in [0.15, 0.2) is 29.1 Å². The SMILES string of the molecule is O=c1ccc2c([C@@H](O)CNC3CC4CCCCC4C3)cc(O)cc2[nH]1. The van der Waals surface area contributed by atoms with Crippen LogP contribution in [0, 0.1) is 11.8 Å². The number of benzene rings is 1. The number of aliphatic hydroxyl groups excluding tert-OH is 1. The summed E-state index contributed by atoms with van der Waals surface area (Å²) in [4.78, 5) is 14.2. The molecular weight excluding hydrogens is 316 g/mol. The molecular formula is C20H26N2O3. The van der Waals surface area contributed by atoms with Gasteiger partial charge in [0.25, 0.3) is 0 Å². The number of H-pyrrole nitrogens is 1. The van der Waals surface area contributed by atoms with E-state index in [4.69, 9.17) is 0 Å². The largest absolute Gasteiger partial charge is 0.508 e. The summed E-state index contributed by atoms with van der Waals surface area (Å²) >= 11 is 0. The van der Waals surface area contributed by atoms with Crippen molar-refractivity contribution >= 4 is 10.9 Å². The third-order valence-electron chi connectivity index (χ3n) is 6.06. The fourth-order valence-electron chi connectivity index (χ4n) is 4.85. The van der Waals surface area contributed by atoms with E-state index >= 15 is 0 Å². The van der Waals surface area contributed by atoms with Crippen molar-refractivity contribution in [2.45, 2.75) is 50.7 Å². The lowest BCUT2D eigenvalue weighted by Gasteiger charge is -2.24. The second-order valence-electron chi connectivity index (χ2n) is 7.72. The zero-order valence-corrected chi connectivity index (χ0v) is 14.4. The highest BCUT2D eigenvalue weighted by Crippen LogP contribution is 2.42. The summed E-state index contributed by atoms with van der Waals surface area (Å²) in [5, 5.41) is 24.9. The van der Waals surface area contributed by atoms with E-state index in [0.717, 1.165) is 17.2 Å². The lowest BCUT2D eigenvalue weighted by Crippen LogP contribution is -2.31. The lowest BCUT2D eigenvalue weighted by molar-refractivity contribution is 0.170. The summed E-state index contributed by atoms with van der Waals surface area (Å²) < 4.78 is 0. The number of aromatic nitrogens is 1. The van der Waals surface area contributed by atoms with Gasteiger partial charge < -0.3 is 20.5 Å². The van der Waals surface area contributed by atoms with Crippen LogP contribution in [0.2, 0.25) is 0 Å². The number of hydrogen-bond donors (Lipinski definition) is 4. The van der Waals surface area contributed by atoms with Gasteiger partial charge in [-0.3, -0.25) is 4.79 Å². The number of aromatic hydroxyl groups is 1. The van der Waals surface area contributed by atoms with Gasteiger partial charge in [0.1, 0.15) is 5.75 Å². The summed E-state index contributed by atoms with van der Waals surface area (Å²) in [6.45, 7) is 0.460.